The van der Waals surface area contributed by atoms with Gasteiger partial charge in [-0.1, -0.05) is 31.9 Å². The van der Waals surface area contributed by atoms with Crippen molar-refractivity contribution in [1.82, 2.24) is 5.32 Å². The van der Waals surface area contributed by atoms with Crippen LogP contribution in [0, 0.1) is 15.4 Å². The zero-order valence-electron chi connectivity index (χ0n) is 10.7. The summed E-state index contributed by atoms with van der Waals surface area (Å²) in [4.78, 5) is 0. The maximum atomic E-state index is 3.54. The highest BCUT2D eigenvalue weighted by Gasteiger charge is 2.29. The van der Waals surface area contributed by atoms with Crippen LogP contribution in [-0.2, 0) is 6.42 Å². The third kappa shape index (κ3) is 3.44. The summed E-state index contributed by atoms with van der Waals surface area (Å²) in [5.41, 5.74) is 1.46. The number of likely N-dealkylation sites (N-methyl/N-ethyl adjacent to an activating group) is 1. The molecule has 2 heteroatoms. The summed E-state index contributed by atoms with van der Waals surface area (Å²) in [5.74, 6) is 1.75. The molecule has 0 aromatic heterocycles. The van der Waals surface area contributed by atoms with Crippen LogP contribution in [0.5, 0.6) is 0 Å². The molecule has 0 spiro atoms. The SMILES string of the molecule is CNC(Cc1ccc(I)cc1)C1CCCC1C. The molecule has 0 saturated heterocycles. The Kier molecular flexibility index (Phi) is 4.86. The molecule has 1 aromatic carbocycles. The maximum Gasteiger partial charge on any atom is 0.0135 e. The first-order chi connectivity index (χ1) is 8.20. The van der Waals surface area contributed by atoms with E-state index in [2.05, 4.69) is 66.1 Å². The summed E-state index contributed by atoms with van der Waals surface area (Å²) in [7, 11) is 2.11. The van der Waals surface area contributed by atoms with Gasteiger partial charge >= 0.3 is 0 Å². The van der Waals surface area contributed by atoms with Gasteiger partial charge in [-0.25, -0.2) is 0 Å². The average molecular weight is 343 g/mol. The minimum Gasteiger partial charge on any atom is -0.316 e. The van der Waals surface area contributed by atoms with Gasteiger partial charge in [-0.05, 0) is 72.0 Å². The van der Waals surface area contributed by atoms with Crippen LogP contribution in [0.15, 0.2) is 24.3 Å². The molecule has 0 heterocycles. The van der Waals surface area contributed by atoms with Gasteiger partial charge in [0, 0.05) is 9.61 Å². The number of halogens is 1. The van der Waals surface area contributed by atoms with Crippen LogP contribution in [-0.4, -0.2) is 13.1 Å². The zero-order chi connectivity index (χ0) is 12.3. The molecule has 1 nitrogen and oxygen atoms in total. The molecule has 1 aliphatic rings. The van der Waals surface area contributed by atoms with Crippen molar-refractivity contribution < 1.29 is 0 Å². The lowest BCUT2D eigenvalue weighted by atomic mass is 9.86. The van der Waals surface area contributed by atoms with Gasteiger partial charge in [-0.2, -0.15) is 0 Å². The highest BCUT2D eigenvalue weighted by Crippen LogP contribution is 2.34. The number of benzene rings is 1. The van der Waals surface area contributed by atoms with Gasteiger partial charge in [0.05, 0.1) is 0 Å². The van der Waals surface area contributed by atoms with Crippen molar-refractivity contribution in [1.29, 1.82) is 0 Å². The molecular weight excluding hydrogens is 321 g/mol. The molecule has 0 amide bonds. The molecular formula is C15H22IN. The molecule has 1 aliphatic carbocycles. The average Bonchev–Trinajstić information content (AvgIpc) is 2.75. The summed E-state index contributed by atoms with van der Waals surface area (Å²) in [6, 6.07) is 9.60. The fourth-order valence-electron chi connectivity index (χ4n) is 3.11. The van der Waals surface area contributed by atoms with Crippen LogP contribution >= 0.6 is 22.6 Å². The fourth-order valence-corrected chi connectivity index (χ4v) is 3.47. The molecule has 1 fully saturated rings. The predicted octanol–water partition coefficient (Wildman–Crippen LogP) is 3.86. The predicted molar refractivity (Wildman–Crippen MR) is 82.2 cm³/mol. The molecule has 2 rings (SSSR count). The maximum absolute atomic E-state index is 3.54. The lowest BCUT2D eigenvalue weighted by Crippen LogP contribution is -2.36. The van der Waals surface area contributed by atoms with Gasteiger partial charge in [0.1, 0.15) is 0 Å². The Morgan fingerprint density at radius 2 is 2.00 bits per heavy atom. The van der Waals surface area contributed by atoms with Crippen LogP contribution in [0.1, 0.15) is 31.7 Å². The standard InChI is InChI=1S/C15H22IN/c1-11-4-3-5-14(11)15(17-2)10-12-6-8-13(16)9-7-12/h6-9,11,14-15,17H,3-5,10H2,1-2H3. The van der Waals surface area contributed by atoms with E-state index in [1.54, 1.807) is 0 Å². The topological polar surface area (TPSA) is 12.0 Å². The number of hydrogen-bond donors (Lipinski definition) is 1. The van der Waals surface area contributed by atoms with E-state index in [-0.39, 0.29) is 0 Å². The van der Waals surface area contributed by atoms with Crippen molar-refractivity contribution in [2.24, 2.45) is 11.8 Å². The van der Waals surface area contributed by atoms with Gasteiger partial charge < -0.3 is 5.32 Å². The van der Waals surface area contributed by atoms with Crippen molar-refractivity contribution in [2.45, 2.75) is 38.6 Å². The van der Waals surface area contributed by atoms with E-state index in [0.717, 1.165) is 11.8 Å². The Bertz CT molecular complexity index is 346. The van der Waals surface area contributed by atoms with Crippen LogP contribution in [0.25, 0.3) is 0 Å². The third-order valence-corrected chi connectivity index (χ3v) is 4.90. The van der Waals surface area contributed by atoms with Gasteiger partial charge in [0.2, 0.25) is 0 Å². The Balaban J connectivity index is 2.01. The van der Waals surface area contributed by atoms with E-state index >= 15 is 0 Å². The van der Waals surface area contributed by atoms with Gasteiger partial charge in [-0.15, -0.1) is 0 Å². The highest BCUT2D eigenvalue weighted by atomic mass is 127. The lowest BCUT2D eigenvalue weighted by molar-refractivity contribution is 0.308. The summed E-state index contributed by atoms with van der Waals surface area (Å²) in [6.45, 7) is 2.41. The highest BCUT2D eigenvalue weighted by molar-refractivity contribution is 14.1. The van der Waals surface area contributed by atoms with E-state index in [1.165, 1.54) is 34.8 Å². The van der Waals surface area contributed by atoms with Crippen LogP contribution in [0.2, 0.25) is 0 Å². The summed E-state index contributed by atoms with van der Waals surface area (Å²) in [6.07, 6.45) is 5.39. The molecule has 1 aromatic rings. The second-order valence-electron chi connectivity index (χ2n) is 5.30. The van der Waals surface area contributed by atoms with E-state index < -0.39 is 0 Å². The first kappa shape index (κ1) is 13.3. The Hall–Kier alpha value is -0.0900. The van der Waals surface area contributed by atoms with Crippen molar-refractivity contribution in [3.05, 3.63) is 33.4 Å². The Morgan fingerprint density at radius 3 is 2.53 bits per heavy atom. The van der Waals surface area contributed by atoms with Gasteiger partial charge in [0.15, 0.2) is 0 Å². The number of nitrogens with one attached hydrogen (secondary N) is 1. The van der Waals surface area contributed by atoms with E-state index in [1.807, 2.05) is 0 Å². The normalized spacial score (nSPS) is 26.1. The molecule has 0 bridgehead atoms. The van der Waals surface area contributed by atoms with E-state index in [4.69, 9.17) is 0 Å². The minimum atomic E-state index is 0.646. The molecule has 0 radical (unpaired) electrons. The first-order valence-corrected chi connectivity index (χ1v) is 7.70. The van der Waals surface area contributed by atoms with Crippen molar-refractivity contribution in [3.63, 3.8) is 0 Å². The second-order valence-corrected chi connectivity index (χ2v) is 6.54. The second kappa shape index (κ2) is 6.19. The van der Waals surface area contributed by atoms with Crippen LogP contribution in [0.4, 0.5) is 0 Å². The lowest BCUT2D eigenvalue weighted by Gasteiger charge is -2.26. The van der Waals surface area contributed by atoms with E-state index in [0.29, 0.717) is 6.04 Å². The monoisotopic (exact) mass is 343 g/mol. The third-order valence-electron chi connectivity index (χ3n) is 4.18. The van der Waals surface area contributed by atoms with Crippen molar-refractivity contribution >= 4 is 22.6 Å². The molecule has 3 atom stereocenters. The van der Waals surface area contributed by atoms with Crippen LogP contribution in [0.3, 0.4) is 0 Å². The molecule has 94 valence electrons. The van der Waals surface area contributed by atoms with Gasteiger partial charge in [0.25, 0.3) is 0 Å². The molecule has 3 unspecified atom stereocenters. The summed E-state index contributed by atoms with van der Waals surface area (Å²) in [5, 5.41) is 3.54. The van der Waals surface area contributed by atoms with Gasteiger partial charge in [-0.3, -0.25) is 0 Å². The number of rotatable bonds is 4. The fraction of sp³-hybridized carbons (Fsp3) is 0.600. The quantitative estimate of drug-likeness (QED) is 0.819. The first-order valence-electron chi connectivity index (χ1n) is 6.62. The summed E-state index contributed by atoms with van der Waals surface area (Å²) < 4.78 is 1.32. The van der Waals surface area contributed by atoms with Crippen molar-refractivity contribution in [3.8, 4) is 0 Å². The van der Waals surface area contributed by atoms with Crippen molar-refractivity contribution in [2.75, 3.05) is 7.05 Å². The van der Waals surface area contributed by atoms with Crippen LogP contribution < -0.4 is 5.32 Å². The Labute approximate surface area is 119 Å². The number of hydrogen-bond acceptors (Lipinski definition) is 1. The zero-order valence-corrected chi connectivity index (χ0v) is 12.9. The largest absolute Gasteiger partial charge is 0.316 e. The molecule has 1 saturated carbocycles. The van der Waals surface area contributed by atoms with E-state index in [9.17, 15) is 0 Å². The molecule has 1 N–H and O–H groups in total. The molecule has 17 heavy (non-hydrogen) atoms. The smallest absolute Gasteiger partial charge is 0.0135 e. The summed E-state index contributed by atoms with van der Waals surface area (Å²) >= 11 is 2.37. The molecule has 0 aliphatic heterocycles. The Morgan fingerprint density at radius 1 is 1.29 bits per heavy atom. The minimum absolute atomic E-state index is 0.646.